The molecule has 0 aromatic rings. The van der Waals surface area contributed by atoms with Crippen LogP contribution in [-0.2, 0) is 4.79 Å². The average Bonchev–Trinajstić information content (AvgIpc) is 2.44. The first-order valence-electron chi connectivity index (χ1n) is 7.85. The molecule has 0 bridgehead atoms. The maximum absolute atomic E-state index is 12.0. The van der Waals surface area contributed by atoms with Crippen molar-refractivity contribution < 1.29 is 4.79 Å². The van der Waals surface area contributed by atoms with E-state index in [1.165, 1.54) is 25.7 Å². The molecule has 0 spiro atoms. The number of carbonyl (C=O) groups is 1. The molecule has 1 amide bonds. The predicted molar refractivity (Wildman–Crippen MR) is 80.2 cm³/mol. The Morgan fingerprint density at radius 3 is 2.58 bits per heavy atom. The van der Waals surface area contributed by atoms with E-state index in [0.29, 0.717) is 0 Å². The summed E-state index contributed by atoms with van der Waals surface area (Å²) >= 11 is 0. The lowest BCUT2D eigenvalue weighted by molar-refractivity contribution is -0.126. The SMILES string of the molecule is CCCCCNC(=O)C(C)N1CCC(CNC)CC1. The summed E-state index contributed by atoms with van der Waals surface area (Å²) in [5.41, 5.74) is 0. The van der Waals surface area contributed by atoms with Crippen LogP contribution in [0, 0.1) is 5.92 Å². The van der Waals surface area contributed by atoms with Crippen LogP contribution in [0.25, 0.3) is 0 Å². The molecule has 1 unspecified atom stereocenters. The molecule has 1 heterocycles. The van der Waals surface area contributed by atoms with Gasteiger partial charge >= 0.3 is 0 Å². The van der Waals surface area contributed by atoms with Crippen molar-refractivity contribution in [2.75, 3.05) is 33.2 Å². The number of amides is 1. The van der Waals surface area contributed by atoms with E-state index in [4.69, 9.17) is 0 Å². The highest BCUT2D eigenvalue weighted by Gasteiger charge is 2.25. The second-order valence-corrected chi connectivity index (χ2v) is 5.71. The summed E-state index contributed by atoms with van der Waals surface area (Å²) in [4.78, 5) is 14.4. The maximum atomic E-state index is 12.0. The van der Waals surface area contributed by atoms with Crippen molar-refractivity contribution >= 4 is 5.91 Å². The lowest BCUT2D eigenvalue weighted by Gasteiger charge is -2.35. The Kier molecular flexibility index (Phi) is 8.07. The zero-order valence-corrected chi connectivity index (χ0v) is 12.9. The smallest absolute Gasteiger partial charge is 0.237 e. The van der Waals surface area contributed by atoms with E-state index in [2.05, 4.69) is 22.5 Å². The van der Waals surface area contributed by atoms with Gasteiger partial charge in [-0.2, -0.15) is 0 Å². The summed E-state index contributed by atoms with van der Waals surface area (Å²) in [6.45, 7) is 8.25. The molecule has 0 aromatic heterocycles. The molecular weight excluding hydrogens is 238 g/mol. The van der Waals surface area contributed by atoms with Crippen molar-refractivity contribution in [3.05, 3.63) is 0 Å². The van der Waals surface area contributed by atoms with E-state index in [-0.39, 0.29) is 11.9 Å². The van der Waals surface area contributed by atoms with Gasteiger partial charge in [0, 0.05) is 6.54 Å². The van der Waals surface area contributed by atoms with Crippen LogP contribution >= 0.6 is 0 Å². The molecule has 112 valence electrons. The standard InChI is InChI=1S/C15H31N3O/c1-4-5-6-9-17-15(19)13(2)18-10-7-14(8-11-18)12-16-3/h13-14,16H,4-12H2,1-3H3,(H,17,19). The lowest BCUT2D eigenvalue weighted by Crippen LogP contribution is -2.49. The minimum absolute atomic E-state index is 0.0252. The molecule has 0 aliphatic carbocycles. The zero-order valence-electron chi connectivity index (χ0n) is 12.9. The predicted octanol–water partition coefficient (Wildman–Crippen LogP) is 1.61. The van der Waals surface area contributed by atoms with Gasteiger partial charge in [-0.3, -0.25) is 9.69 Å². The first kappa shape index (κ1) is 16.4. The largest absolute Gasteiger partial charge is 0.355 e. The molecule has 0 radical (unpaired) electrons. The Bertz CT molecular complexity index is 250. The Labute approximate surface area is 118 Å². The highest BCUT2D eigenvalue weighted by molar-refractivity contribution is 5.81. The second-order valence-electron chi connectivity index (χ2n) is 5.71. The molecule has 1 rings (SSSR count). The minimum Gasteiger partial charge on any atom is -0.355 e. The van der Waals surface area contributed by atoms with E-state index >= 15 is 0 Å². The second kappa shape index (κ2) is 9.32. The molecule has 19 heavy (non-hydrogen) atoms. The van der Waals surface area contributed by atoms with Gasteiger partial charge in [0.05, 0.1) is 6.04 Å². The van der Waals surface area contributed by atoms with E-state index < -0.39 is 0 Å². The highest BCUT2D eigenvalue weighted by Crippen LogP contribution is 2.18. The van der Waals surface area contributed by atoms with Crippen LogP contribution in [0.4, 0.5) is 0 Å². The molecule has 4 nitrogen and oxygen atoms in total. The van der Waals surface area contributed by atoms with Crippen LogP contribution in [0.5, 0.6) is 0 Å². The van der Waals surface area contributed by atoms with Crippen LogP contribution in [0.15, 0.2) is 0 Å². The molecule has 1 aliphatic heterocycles. The van der Waals surface area contributed by atoms with Gasteiger partial charge in [-0.25, -0.2) is 0 Å². The Morgan fingerprint density at radius 2 is 2.00 bits per heavy atom. The number of piperidine rings is 1. The number of nitrogens with one attached hydrogen (secondary N) is 2. The molecule has 1 aliphatic rings. The van der Waals surface area contributed by atoms with E-state index in [0.717, 1.165) is 38.5 Å². The van der Waals surface area contributed by atoms with Crippen molar-refractivity contribution in [3.8, 4) is 0 Å². The van der Waals surface area contributed by atoms with Crippen molar-refractivity contribution in [1.29, 1.82) is 0 Å². The third-order valence-corrected chi connectivity index (χ3v) is 4.15. The fraction of sp³-hybridized carbons (Fsp3) is 0.933. The fourth-order valence-electron chi connectivity index (χ4n) is 2.73. The number of carbonyl (C=O) groups excluding carboxylic acids is 1. The molecule has 1 atom stereocenters. The van der Waals surface area contributed by atoms with Gasteiger partial charge in [0.1, 0.15) is 0 Å². The summed E-state index contributed by atoms with van der Waals surface area (Å²) in [5.74, 6) is 0.976. The van der Waals surface area contributed by atoms with Crippen molar-refractivity contribution in [2.24, 2.45) is 5.92 Å². The molecule has 0 aromatic carbocycles. The van der Waals surface area contributed by atoms with Crippen LogP contribution in [0.1, 0.15) is 46.0 Å². The van der Waals surface area contributed by atoms with E-state index in [1.54, 1.807) is 0 Å². The van der Waals surface area contributed by atoms with Gasteiger partial charge in [-0.15, -0.1) is 0 Å². The number of hydrogen-bond donors (Lipinski definition) is 2. The van der Waals surface area contributed by atoms with Gasteiger partial charge in [0.2, 0.25) is 5.91 Å². The molecule has 4 heteroatoms. The molecule has 2 N–H and O–H groups in total. The van der Waals surface area contributed by atoms with Gasteiger partial charge in [-0.1, -0.05) is 19.8 Å². The topological polar surface area (TPSA) is 44.4 Å². The number of unbranched alkanes of at least 4 members (excludes halogenated alkanes) is 2. The lowest BCUT2D eigenvalue weighted by atomic mass is 9.96. The molecule has 1 saturated heterocycles. The quantitative estimate of drug-likeness (QED) is 0.658. The maximum Gasteiger partial charge on any atom is 0.237 e. The zero-order chi connectivity index (χ0) is 14.1. The number of rotatable bonds is 8. The van der Waals surface area contributed by atoms with E-state index in [9.17, 15) is 4.79 Å². The van der Waals surface area contributed by atoms with Gasteiger partial charge in [0.25, 0.3) is 0 Å². The first-order chi connectivity index (χ1) is 9.19. The molecule has 1 fully saturated rings. The summed E-state index contributed by atoms with van der Waals surface area (Å²) in [6, 6.07) is 0.0252. The normalized spacial score (nSPS) is 19.3. The van der Waals surface area contributed by atoms with Crippen molar-refractivity contribution in [1.82, 2.24) is 15.5 Å². The monoisotopic (exact) mass is 269 g/mol. The number of hydrogen-bond acceptors (Lipinski definition) is 3. The molecular formula is C15H31N3O. The van der Waals surface area contributed by atoms with Crippen LogP contribution in [0.2, 0.25) is 0 Å². The van der Waals surface area contributed by atoms with Gasteiger partial charge in [-0.05, 0) is 58.8 Å². The fourth-order valence-corrected chi connectivity index (χ4v) is 2.73. The van der Waals surface area contributed by atoms with Crippen molar-refractivity contribution in [2.45, 2.75) is 52.0 Å². The summed E-state index contributed by atoms with van der Waals surface area (Å²) in [7, 11) is 2.01. The third-order valence-electron chi connectivity index (χ3n) is 4.15. The summed E-state index contributed by atoms with van der Waals surface area (Å²) < 4.78 is 0. The van der Waals surface area contributed by atoms with Crippen LogP contribution < -0.4 is 10.6 Å². The van der Waals surface area contributed by atoms with Crippen LogP contribution in [0.3, 0.4) is 0 Å². The van der Waals surface area contributed by atoms with Gasteiger partial charge in [0.15, 0.2) is 0 Å². The van der Waals surface area contributed by atoms with Crippen molar-refractivity contribution in [3.63, 3.8) is 0 Å². The first-order valence-corrected chi connectivity index (χ1v) is 7.85. The summed E-state index contributed by atoms with van der Waals surface area (Å²) in [6.07, 6.45) is 5.90. The minimum atomic E-state index is 0.0252. The van der Waals surface area contributed by atoms with Crippen LogP contribution in [-0.4, -0.2) is 50.1 Å². The third kappa shape index (κ3) is 5.91. The Hall–Kier alpha value is -0.610. The number of nitrogens with zero attached hydrogens (tertiary/aromatic N) is 1. The average molecular weight is 269 g/mol. The number of likely N-dealkylation sites (tertiary alicyclic amines) is 1. The summed E-state index contributed by atoms with van der Waals surface area (Å²) in [5, 5.41) is 6.30. The highest BCUT2D eigenvalue weighted by atomic mass is 16.2. The molecule has 0 saturated carbocycles. The van der Waals surface area contributed by atoms with E-state index in [1.807, 2.05) is 14.0 Å². The Balaban J connectivity index is 2.22. The Morgan fingerprint density at radius 1 is 1.32 bits per heavy atom. The van der Waals surface area contributed by atoms with Gasteiger partial charge < -0.3 is 10.6 Å².